The van der Waals surface area contributed by atoms with Crippen LogP contribution < -0.4 is 30.4 Å². The smallest absolute Gasteiger partial charge is 0.263 e. The first kappa shape index (κ1) is 41.2. The van der Waals surface area contributed by atoms with Gasteiger partial charge in [0.2, 0.25) is 23.5 Å². The van der Waals surface area contributed by atoms with Crippen LogP contribution in [0.5, 0.6) is 11.5 Å². The lowest BCUT2D eigenvalue weighted by Gasteiger charge is -2.21. The molecule has 2 aliphatic rings. The summed E-state index contributed by atoms with van der Waals surface area (Å²) in [4.78, 5) is 31.5. The van der Waals surface area contributed by atoms with Crippen molar-refractivity contribution >= 4 is 68.5 Å². The van der Waals surface area contributed by atoms with Gasteiger partial charge in [0, 0.05) is 41.8 Å². The van der Waals surface area contributed by atoms with Crippen molar-refractivity contribution in [2.24, 2.45) is 0 Å². The number of methoxy groups -OCH3 is 2. The molecule has 10 rings (SSSR count). The largest absolute Gasteiger partial charge is 0.497 e. The fraction of sp³-hybridized carbons (Fsp3) is 0.348. The Hall–Kier alpha value is -6.12. The molecule has 8 aromatic rings. The van der Waals surface area contributed by atoms with Crippen LogP contribution >= 0.6 is 23.2 Å². The number of anilines is 2. The lowest BCUT2D eigenvalue weighted by atomic mass is 10.2. The Morgan fingerprint density at radius 1 is 0.548 bits per heavy atom. The first-order chi connectivity index (χ1) is 30.3. The van der Waals surface area contributed by atoms with Crippen molar-refractivity contribution < 1.29 is 9.47 Å². The van der Waals surface area contributed by atoms with E-state index in [0.717, 1.165) is 97.4 Å². The molecule has 0 spiro atoms. The summed E-state index contributed by atoms with van der Waals surface area (Å²) in [5.74, 6) is 4.08. The molecular weight excluding hydrogens is 827 g/mol. The zero-order valence-electron chi connectivity index (χ0n) is 34.8. The first-order valence-corrected chi connectivity index (χ1v) is 22.0. The Labute approximate surface area is 367 Å². The number of hydrogen-bond acceptors (Lipinski definition) is 10. The van der Waals surface area contributed by atoms with Crippen LogP contribution in [0.1, 0.15) is 62.5 Å². The third-order valence-corrected chi connectivity index (χ3v) is 12.3. The molecule has 14 nitrogen and oxygen atoms in total. The van der Waals surface area contributed by atoms with Gasteiger partial charge in [-0.3, -0.25) is 18.7 Å². The van der Waals surface area contributed by atoms with Crippen molar-refractivity contribution in [3.8, 4) is 11.5 Å². The quantitative estimate of drug-likeness (QED) is 0.147. The van der Waals surface area contributed by atoms with E-state index in [-0.39, 0.29) is 11.1 Å². The standard InChI is InChI=1S/2C23H24ClN5O2/c1-31-20-9-5-4-8-16(20)15-28-21(30)18-14-17(24)10-11-19(18)29-22(25-26-23(28)29)27-12-6-2-3-7-13-27;1-31-18-8-6-7-16(13-18)15-28-21(30)19-14-17(24)9-10-20(19)29-22(25-26-23(28)29)27-11-4-2-3-5-12-27/h4-5,8-11,14H,2-3,6-7,12-13,15H2,1H3;6-10,13-14H,2-5,11-12,15H2,1H3. The normalized spacial score (nSPS) is 14.8. The van der Waals surface area contributed by atoms with Crippen molar-refractivity contribution in [1.82, 2.24) is 38.3 Å². The highest BCUT2D eigenvalue weighted by atomic mass is 35.5. The maximum Gasteiger partial charge on any atom is 0.263 e. The van der Waals surface area contributed by atoms with Gasteiger partial charge in [-0.2, -0.15) is 0 Å². The second-order valence-corrected chi connectivity index (χ2v) is 16.7. The summed E-state index contributed by atoms with van der Waals surface area (Å²) in [6, 6.07) is 26.2. The molecule has 2 aliphatic heterocycles. The van der Waals surface area contributed by atoms with Gasteiger partial charge in [0.15, 0.2) is 0 Å². The molecule has 16 heteroatoms. The van der Waals surface area contributed by atoms with E-state index in [0.29, 0.717) is 45.5 Å². The van der Waals surface area contributed by atoms with Gasteiger partial charge in [-0.1, -0.05) is 79.2 Å². The van der Waals surface area contributed by atoms with Gasteiger partial charge in [-0.15, -0.1) is 20.4 Å². The van der Waals surface area contributed by atoms with Crippen molar-refractivity contribution in [3.05, 3.63) is 127 Å². The predicted molar refractivity (Wildman–Crippen MR) is 245 cm³/mol. The summed E-state index contributed by atoms with van der Waals surface area (Å²) in [7, 11) is 3.26. The third-order valence-electron chi connectivity index (χ3n) is 11.9. The molecule has 0 aliphatic carbocycles. The average Bonchev–Trinajstić information content (AvgIpc) is 3.70. The molecule has 0 bridgehead atoms. The Bertz CT molecular complexity index is 3020. The summed E-state index contributed by atoms with van der Waals surface area (Å²) in [5.41, 5.74) is 3.10. The average molecular weight is 876 g/mol. The van der Waals surface area contributed by atoms with E-state index in [4.69, 9.17) is 32.7 Å². The topological polar surface area (TPSA) is 129 Å². The predicted octanol–water partition coefficient (Wildman–Crippen LogP) is 8.27. The minimum absolute atomic E-state index is 0.136. The minimum atomic E-state index is -0.147. The molecule has 2 fully saturated rings. The number of para-hydroxylation sites is 1. The van der Waals surface area contributed by atoms with Crippen LogP contribution in [0.2, 0.25) is 10.0 Å². The van der Waals surface area contributed by atoms with Crippen LogP contribution in [0, 0.1) is 0 Å². The van der Waals surface area contributed by atoms with Crippen LogP contribution in [0.25, 0.3) is 33.4 Å². The fourth-order valence-electron chi connectivity index (χ4n) is 8.73. The molecule has 4 aromatic carbocycles. The molecule has 4 aromatic heterocycles. The molecule has 0 amide bonds. The number of fused-ring (bicyclic) bond motifs is 6. The first-order valence-electron chi connectivity index (χ1n) is 21.2. The van der Waals surface area contributed by atoms with E-state index < -0.39 is 0 Å². The molecule has 0 saturated carbocycles. The highest BCUT2D eigenvalue weighted by Crippen LogP contribution is 2.28. The van der Waals surface area contributed by atoms with Gasteiger partial charge in [0.25, 0.3) is 11.1 Å². The number of benzene rings is 4. The number of hydrogen-bond donors (Lipinski definition) is 0. The Morgan fingerprint density at radius 3 is 1.58 bits per heavy atom. The molecule has 0 atom stereocenters. The second kappa shape index (κ2) is 18.1. The molecule has 0 unspecified atom stereocenters. The number of aromatic nitrogens is 8. The van der Waals surface area contributed by atoms with Gasteiger partial charge >= 0.3 is 0 Å². The Balaban J connectivity index is 0.000000158. The Kier molecular flexibility index (Phi) is 12.0. The molecule has 0 N–H and O–H groups in total. The maximum absolute atomic E-state index is 13.5. The zero-order chi connectivity index (χ0) is 42.7. The van der Waals surface area contributed by atoms with Gasteiger partial charge in [-0.25, -0.2) is 8.80 Å². The SMILES string of the molecule is COc1cccc(Cn2c(=O)c3cc(Cl)ccc3n3c(N4CCCCCC4)nnc23)c1.COc1ccccc1Cn1c(=O)c2cc(Cl)ccc2n2c(N3CCCCCC3)nnc12. The highest BCUT2D eigenvalue weighted by Gasteiger charge is 2.24. The molecular formula is C46H48Cl2N10O4. The van der Waals surface area contributed by atoms with E-state index >= 15 is 0 Å². The van der Waals surface area contributed by atoms with Crippen molar-refractivity contribution in [2.75, 3.05) is 50.2 Å². The van der Waals surface area contributed by atoms with Gasteiger partial charge in [0.05, 0.1) is 49.1 Å². The van der Waals surface area contributed by atoms with Crippen molar-refractivity contribution in [3.63, 3.8) is 0 Å². The van der Waals surface area contributed by atoms with Crippen LogP contribution in [0.3, 0.4) is 0 Å². The van der Waals surface area contributed by atoms with E-state index in [9.17, 15) is 9.59 Å². The third kappa shape index (κ3) is 8.04. The minimum Gasteiger partial charge on any atom is -0.497 e. The number of nitrogens with zero attached hydrogens (tertiary/aromatic N) is 10. The van der Waals surface area contributed by atoms with E-state index in [2.05, 4.69) is 30.2 Å². The second-order valence-electron chi connectivity index (χ2n) is 15.8. The monoisotopic (exact) mass is 874 g/mol. The summed E-state index contributed by atoms with van der Waals surface area (Å²) >= 11 is 12.5. The summed E-state index contributed by atoms with van der Waals surface area (Å²) in [6.07, 6.45) is 9.40. The summed E-state index contributed by atoms with van der Waals surface area (Å²) < 4.78 is 18.2. The van der Waals surface area contributed by atoms with Crippen LogP contribution in [-0.4, -0.2) is 78.7 Å². The van der Waals surface area contributed by atoms with E-state index in [1.54, 1.807) is 47.6 Å². The van der Waals surface area contributed by atoms with Crippen LogP contribution in [-0.2, 0) is 13.1 Å². The highest BCUT2D eigenvalue weighted by molar-refractivity contribution is 6.31. The number of halogens is 2. The summed E-state index contributed by atoms with van der Waals surface area (Å²) in [5, 5.41) is 20.2. The van der Waals surface area contributed by atoms with Gasteiger partial charge in [-0.05, 0) is 85.8 Å². The van der Waals surface area contributed by atoms with Crippen molar-refractivity contribution in [2.45, 2.75) is 64.5 Å². The fourth-order valence-corrected chi connectivity index (χ4v) is 9.08. The van der Waals surface area contributed by atoms with Gasteiger partial charge < -0.3 is 19.3 Å². The lowest BCUT2D eigenvalue weighted by Crippen LogP contribution is -2.28. The van der Waals surface area contributed by atoms with E-state index in [1.807, 2.05) is 69.5 Å². The lowest BCUT2D eigenvalue weighted by molar-refractivity contribution is 0.408. The molecule has 0 radical (unpaired) electrons. The number of rotatable bonds is 8. The van der Waals surface area contributed by atoms with Crippen molar-refractivity contribution in [1.29, 1.82) is 0 Å². The molecule has 62 heavy (non-hydrogen) atoms. The zero-order valence-corrected chi connectivity index (χ0v) is 36.4. The Morgan fingerprint density at radius 2 is 1.06 bits per heavy atom. The van der Waals surface area contributed by atoms with Gasteiger partial charge in [0.1, 0.15) is 11.5 Å². The van der Waals surface area contributed by atoms with Crippen LogP contribution in [0.4, 0.5) is 11.9 Å². The number of ether oxygens (including phenoxy) is 2. The summed E-state index contributed by atoms with van der Waals surface area (Å²) in [6.45, 7) is 4.42. The molecule has 2 saturated heterocycles. The molecule has 6 heterocycles. The molecule has 320 valence electrons. The van der Waals surface area contributed by atoms with E-state index in [1.165, 1.54) is 25.7 Å². The van der Waals surface area contributed by atoms with Crippen LogP contribution in [0.15, 0.2) is 94.5 Å². The maximum atomic E-state index is 13.5.